The number of thiocarbonyl (C=S) groups is 1. The molecule has 0 bridgehead atoms. The summed E-state index contributed by atoms with van der Waals surface area (Å²) in [6.07, 6.45) is -5.04. The van der Waals surface area contributed by atoms with E-state index in [0.717, 1.165) is 0 Å². The van der Waals surface area contributed by atoms with Crippen LogP contribution in [-0.4, -0.2) is 80.1 Å². The van der Waals surface area contributed by atoms with Gasteiger partial charge in [-0.2, -0.15) is 5.10 Å². The first-order valence-corrected chi connectivity index (χ1v) is 14.0. The summed E-state index contributed by atoms with van der Waals surface area (Å²) >= 11 is 4.81. The van der Waals surface area contributed by atoms with E-state index in [2.05, 4.69) is 20.6 Å². The number of aliphatic hydroxyl groups excluding tert-OH is 1. The normalized spacial score (nSPS) is 27.8. The molecule has 16 heteroatoms. The predicted molar refractivity (Wildman–Crippen MR) is 158 cm³/mol. The largest absolute Gasteiger partial charge is 0.507 e. The van der Waals surface area contributed by atoms with Gasteiger partial charge in [0.15, 0.2) is 17.2 Å². The molecule has 6 atom stereocenters. The Bertz CT molecular complexity index is 1660. The number of fused-ring (bicyclic) bond motifs is 3. The van der Waals surface area contributed by atoms with Crippen molar-refractivity contribution in [2.75, 3.05) is 7.11 Å². The van der Waals surface area contributed by atoms with E-state index in [1.54, 1.807) is 6.92 Å². The maximum absolute atomic E-state index is 13.8. The first kappa shape index (κ1) is 31.1. The predicted octanol–water partition coefficient (Wildman–Crippen LogP) is 2.00. The second-order valence-electron chi connectivity index (χ2n) is 10.9. The number of hydrazone groups is 1. The first-order chi connectivity index (χ1) is 20.8. The number of phenolic OH excluding ortho intramolecular Hbond substituents is 2. The van der Waals surface area contributed by atoms with Gasteiger partial charge < -0.3 is 40.4 Å². The van der Waals surface area contributed by atoms with Crippen LogP contribution in [0.1, 0.15) is 75.8 Å². The van der Waals surface area contributed by atoms with E-state index >= 15 is 0 Å². The highest BCUT2D eigenvalue weighted by atomic mass is 32.1. The number of hydrogen-bond acceptors (Lipinski definition) is 12. The lowest BCUT2D eigenvalue weighted by Crippen LogP contribution is -2.49. The number of nitrogens with zero attached hydrogens (tertiary/aromatic N) is 4. The second kappa shape index (κ2) is 11.6. The summed E-state index contributed by atoms with van der Waals surface area (Å²) in [5.41, 5.74) is 14.0. The molecule has 1 aliphatic heterocycles. The number of carbonyl (C=O) groups excluding carboxylic acids is 2. The molecule has 1 fully saturated rings. The number of methoxy groups -OCH3 is 1. The number of ketones is 2. The van der Waals surface area contributed by atoms with Crippen LogP contribution in [0.15, 0.2) is 28.4 Å². The Morgan fingerprint density at radius 1 is 1.23 bits per heavy atom. The minimum absolute atomic E-state index is 0.0268. The average molecular weight is 627 g/mol. The van der Waals surface area contributed by atoms with E-state index in [1.807, 2.05) is 0 Å². The molecule has 232 valence electrons. The fraction of sp³-hybridized carbons (Fsp3) is 0.429. The molecule has 0 amide bonds. The first-order valence-electron chi connectivity index (χ1n) is 13.6. The van der Waals surface area contributed by atoms with Crippen LogP contribution >= 0.6 is 12.2 Å². The molecule has 3 aliphatic rings. The van der Waals surface area contributed by atoms with Gasteiger partial charge in [-0.15, -0.1) is 0 Å². The van der Waals surface area contributed by atoms with Crippen LogP contribution < -0.4 is 15.9 Å². The highest BCUT2D eigenvalue weighted by Crippen LogP contribution is 2.52. The summed E-state index contributed by atoms with van der Waals surface area (Å²) in [5, 5.41) is 53.1. The highest BCUT2D eigenvalue weighted by molar-refractivity contribution is 7.80. The fourth-order valence-electron chi connectivity index (χ4n) is 6.03. The van der Waals surface area contributed by atoms with Gasteiger partial charge in [0, 0.05) is 40.9 Å². The van der Waals surface area contributed by atoms with Gasteiger partial charge in [0.1, 0.15) is 22.8 Å². The number of phenols is 2. The number of nitrogens with two attached hydrogens (primary N) is 1. The van der Waals surface area contributed by atoms with Crippen LogP contribution in [0.3, 0.4) is 0 Å². The number of aromatic hydroxyl groups is 2. The van der Waals surface area contributed by atoms with E-state index in [0.29, 0.717) is 0 Å². The Morgan fingerprint density at radius 2 is 1.93 bits per heavy atom. The van der Waals surface area contributed by atoms with Crippen molar-refractivity contribution >= 4 is 34.6 Å². The number of aliphatic hydroxyl groups is 2. The molecule has 0 unspecified atom stereocenters. The van der Waals surface area contributed by atoms with Gasteiger partial charge in [-0.1, -0.05) is 17.2 Å². The SMILES string of the molecule is COc1cccc2c1C(=O)c1c(O)c3c(c(O)c1C2=O)C[C@@](O)(/C(C)=N/NC(N)=S)C[C@@H]3O[C@H]1C[C@H](N=[N+]=[N-])[C@H](O)[C@H](C)O1. The van der Waals surface area contributed by atoms with Gasteiger partial charge in [0.25, 0.3) is 0 Å². The van der Waals surface area contributed by atoms with Crippen LogP contribution in [-0.2, 0) is 15.9 Å². The van der Waals surface area contributed by atoms with Gasteiger partial charge >= 0.3 is 0 Å². The lowest BCUT2D eigenvalue weighted by atomic mass is 9.72. The average Bonchev–Trinajstić information content (AvgIpc) is 2.98. The van der Waals surface area contributed by atoms with Gasteiger partial charge in [0.05, 0.1) is 53.9 Å². The third-order valence-corrected chi connectivity index (χ3v) is 8.37. The molecule has 2 aromatic rings. The number of carbonyl (C=O) groups is 2. The summed E-state index contributed by atoms with van der Waals surface area (Å²) in [6.45, 7) is 3.03. The van der Waals surface area contributed by atoms with E-state index in [4.69, 9.17) is 37.7 Å². The summed E-state index contributed by atoms with van der Waals surface area (Å²) in [4.78, 5) is 30.3. The van der Waals surface area contributed by atoms with Crippen LogP contribution in [0.25, 0.3) is 10.4 Å². The Balaban J connectivity index is 1.68. The third kappa shape index (κ3) is 5.11. The monoisotopic (exact) mass is 626 g/mol. The van der Waals surface area contributed by atoms with Crippen LogP contribution in [0.5, 0.6) is 17.2 Å². The van der Waals surface area contributed by atoms with Crippen molar-refractivity contribution in [3.63, 3.8) is 0 Å². The molecule has 0 radical (unpaired) electrons. The van der Waals surface area contributed by atoms with E-state index < -0.39 is 70.4 Å². The molecular weight excluding hydrogens is 596 g/mol. The molecule has 5 rings (SSSR count). The summed E-state index contributed by atoms with van der Waals surface area (Å²) in [5.74, 6) is -2.63. The minimum atomic E-state index is -1.85. The van der Waals surface area contributed by atoms with Gasteiger partial charge in [-0.25, -0.2) is 0 Å². The summed E-state index contributed by atoms with van der Waals surface area (Å²) in [7, 11) is 1.33. The second-order valence-corrected chi connectivity index (χ2v) is 11.3. The molecular formula is C28H30N6O9S. The molecule has 2 aromatic carbocycles. The van der Waals surface area contributed by atoms with E-state index in [-0.39, 0.29) is 58.1 Å². The maximum Gasteiger partial charge on any atom is 0.202 e. The van der Waals surface area contributed by atoms with Crippen molar-refractivity contribution in [3.05, 3.63) is 62.0 Å². The van der Waals surface area contributed by atoms with Crippen LogP contribution in [0.4, 0.5) is 0 Å². The topological polar surface area (TPSA) is 242 Å². The Hall–Kier alpha value is -4.31. The number of ether oxygens (including phenoxy) is 3. The number of rotatable bonds is 6. The molecule has 44 heavy (non-hydrogen) atoms. The van der Waals surface area contributed by atoms with Gasteiger partial charge in [-0.3, -0.25) is 15.0 Å². The quantitative estimate of drug-likeness (QED) is 0.0438. The third-order valence-electron chi connectivity index (χ3n) is 8.27. The minimum Gasteiger partial charge on any atom is -0.507 e. The van der Waals surface area contributed by atoms with Crippen LogP contribution in [0, 0.1) is 0 Å². The number of nitrogens with one attached hydrogen (secondary N) is 1. The Morgan fingerprint density at radius 3 is 2.59 bits per heavy atom. The Labute approximate surface area is 255 Å². The lowest BCUT2D eigenvalue weighted by Gasteiger charge is -2.42. The van der Waals surface area contributed by atoms with E-state index in [9.17, 15) is 30.0 Å². The van der Waals surface area contributed by atoms with Crippen LogP contribution in [0.2, 0.25) is 0 Å². The molecule has 7 N–H and O–H groups in total. The zero-order valence-electron chi connectivity index (χ0n) is 23.8. The standard InChI is InChI=1S/C28H30N6O9S/c1-10-22(35)14(32-34-30)7-17(42-10)43-16-9-28(40,11(2)31-33-27(29)44)8-13-19(16)26(39)21-20(24(13)37)23(36)12-5-4-6-15(41-3)18(12)25(21)38/h4-6,10,14,16-17,22,35,37,39-40H,7-9H2,1-3H3,(H3,29,33,44)/b31-11+/t10-,14-,16-,17-,22+,28-/m0/s1. The van der Waals surface area contributed by atoms with Crippen molar-refractivity contribution < 1.29 is 44.2 Å². The van der Waals surface area contributed by atoms with E-state index in [1.165, 1.54) is 32.2 Å². The smallest absolute Gasteiger partial charge is 0.202 e. The summed E-state index contributed by atoms with van der Waals surface area (Å²) < 4.78 is 17.3. The lowest BCUT2D eigenvalue weighted by molar-refractivity contribution is -0.245. The molecule has 15 nitrogen and oxygen atoms in total. The fourth-order valence-corrected chi connectivity index (χ4v) is 6.08. The van der Waals surface area contributed by atoms with Crippen molar-refractivity contribution in [3.8, 4) is 17.2 Å². The number of hydrogen-bond donors (Lipinski definition) is 6. The number of benzene rings is 2. The number of azide groups is 1. The van der Waals surface area contributed by atoms with Gasteiger partial charge in [0.2, 0.25) is 5.78 Å². The van der Waals surface area contributed by atoms with Crippen molar-refractivity contribution in [2.45, 2.75) is 69.4 Å². The van der Waals surface area contributed by atoms with Crippen molar-refractivity contribution in [1.29, 1.82) is 0 Å². The highest BCUT2D eigenvalue weighted by Gasteiger charge is 2.49. The zero-order valence-corrected chi connectivity index (χ0v) is 24.7. The molecule has 0 saturated carbocycles. The van der Waals surface area contributed by atoms with Gasteiger partial charge in [-0.05, 0) is 37.7 Å². The molecule has 1 saturated heterocycles. The zero-order chi connectivity index (χ0) is 32.1. The maximum atomic E-state index is 13.8. The molecule has 1 heterocycles. The Kier molecular flexibility index (Phi) is 8.24. The molecule has 0 spiro atoms. The van der Waals surface area contributed by atoms with Crippen molar-refractivity contribution in [2.24, 2.45) is 15.9 Å². The van der Waals surface area contributed by atoms with Crippen molar-refractivity contribution in [1.82, 2.24) is 5.43 Å². The molecule has 2 aliphatic carbocycles. The molecule has 0 aromatic heterocycles. The summed E-state index contributed by atoms with van der Waals surface area (Å²) in [6, 6.07) is 3.51.